The molecular formula is C3H4NOSe. The monoisotopic (exact) mass is 150 g/mol. The van der Waals surface area contributed by atoms with E-state index in [4.69, 9.17) is 0 Å². The molecule has 2 nitrogen and oxygen atoms in total. The number of rotatable bonds is 1. The summed E-state index contributed by atoms with van der Waals surface area (Å²) in [5.74, 6) is -0.199. The van der Waals surface area contributed by atoms with E-state index in [-0.39, 0.29) is 5.91 Å². The van der Waals surface area contributed by atoms with E-state index in [1.54, 1.807) is 0 Å². The fraction of sp³-hybridized carbons (Fsp3) is 0. The minimum atomic E-state index is -0.199. The normalized spacial score (nSPS) is 6.83. The Kier molecular flexibility index (Phi) is 2.81. The van der Waals surface area contributed by atoms with Gasteiger partial charge in [-0.25, -0.2) is 0 Å². The predicted molar refractivity (Wildman–Crippen MR) is 24.1 cm³/mol. The Balaban J connectivity index is 3.23. The molecule has 0 aliphatic rings. The first-order chi connectivity index (χ1) is 2.81. The summed E-state index contributed by atoms with van der Waals surface area (Å²) in [6.45, 7) is 3.20. The third-order valence-corrected chi connectivity index (χ3v) is 0.708. The first-order valence-corrected chi connectivity index (χ1v) is 2.21. The molecule has 0 saturated heterocycles. The van der Waals surface area contributed by atoms with Gasteiger partial charge in [0.1, 0.15) is 0 Å². The Morgan fingerprint density at radius 2 is 2.50 bits per heavy atom. The van der Waals surface area contributed by atoms with Gasteiger partial charge in [0.25, 0.3) is 0 Å². The quantitative estimate of drug-likeness (QED) is 0.390. The molecule has 1 N–H and O–H groups in total. The van der Waals surface area contributed by atoms with Crippen molar-refractivity contribution < 1.29 is 4.79 Å². The Morgan fingerprint density at radius 1 is 2.00 bits per heavy atom. The van der Waals surface area contributed by atoms with Crippen molar-refractivity contribution in [2.24, 2.45) is 0 Å². The summed E-state index contributed by atoms with van der Waals surface area (Å²) in [6, 6.07) is 0. The summed E-state index contributed by atoms with van der Waals surface area (Å²) in [7, 11) is 0. The third kappa shape index (κ3) is 2.00. The summed E-state index contributed by atoms with van der Waals surface area (Å²) in [5.41, 5.74) is 0. The zero-order chi connectivity index (χ0) is 4.99. The molecule has 3 heteroatoms. The maximum atomic E-state index is 9.92. The minimum absolute atomic E-state index is 0.199. The first kappa shape index (κ1) is 5.73. The predicted octanol–water partition coefficient (Wildman–Crippen LogP) is -0.628. The number of amides is 1. The molecule has 0 heterocycles. The molecular weight excluding hydrogens is 145 g/mol. The fourth-order valence-electron chi connectivity index (χ4n) is 0.0417. The van der Waals surface area contributed by atoms with Crippen LogP contribution >= 0.6 is 0 Å². The van der Waals surface area contributed by atoms with Crippen LogP contribution in [0.15, 0.2) is 12.7 Å². The molecule has 0 aromatic heterocycles. The average molecular weight is 149 g/mol. The van der Waals surface area contributed by atoms with Crippen molar-refractivity contribution in [2.75, 3.05) is 0 Å². The van der Waals surface area contributed by atoms with Crippen LogP contribution in [0, 0.1) is 0 Å². The molecule has 1 amide bonds. The summed E-state index contributed by atoms with van der Waals surface area (Å²) in [6.07, 6.45) is 1.19. The molecule has 6 heavy (non-hydrogen) atoms. The van der Waals surface area contributed by atoms with Crippen LogP contribution in [0.25, 0.3) is 0 Å². The van der Waals surface area contributed by atoms with Crippen LogP contribution in [0.2, 0.25) is 0 Å². The standard InChI is InChI=1S/C3H4NOSe/c1-2-3(5)4-6/h2H,1H2,(H,4,5). The van der Waals surface area contributed by atoms with Gasteiger partial charge in [-0.2, -0.15) is 0 Å². The van der Waals surface area contributed by atoms with Crippen molar-refractivity contribution in [1.29, 1.82) is 0 Å². The van der Waals surface area contributed by atoms with Crippen LogP contribution in [0.5, 0.6) is 0 Å². The van der Waals surface area contributed by atoms with Crippen LogP contribution in [-0.4, -0.2) is 22.1 Å². The van der Waals surface area contributed by atoms with Crippen LogP contribution in [0.1, 0.15) is 0 Å². The second-order valence-corrected chi connectivity index (χ2v) is 1.10. The summed E-state index contributed by atoms with van der Waals surface area (Å²) >= 11 is 2.32. The Bertz CT molecular complexity index is 71.2. The zero-order valence-electron chi connectivity index (χ0n) is 3.10. The van der Waals surface area contributed by atoms with Gasteiger partial charge in [0, 0.05) is 0 Å². The summed E-state index contributed by atoms with van der Waals surface area (Å²) in [4.78, 5) is 9.92. The van der Waals surface area contributed by atoms with Crippen molar-refractivity contribution >= 4 is 22.1 Å². The van der Waals surface area contributed by atoms with Crippen LogP contribution in [0.3, 0.4) is 0 Å². The van der Waals surface area contributed by atoms with Crippen LogP contribution < -0.4 is 4.33 Å². The SMILES string of the molecule is C=CC(=O)N[Se]. The molecule has 0 rings (SSSR count). The van der Waals surface area contributed by atoms with Crippen molar-refractivity contribution in [3.05, 3.63) is 12.7 Å². The van der Waals surface area contributed by atoms with Crippen molar-refractivity contribution in [3.8, 4) is 0 Å². The van der Waals surface area contributed by atoms with Gasteiger partial charge in [0.15, 0.2) is 0 Å². The molecule has 33 valence electrons. The second-order valence-electron chi connectivity index (χ2n) is 0.670. The van der Waals surface area contributed by atoms with E-state index >= 15 is 0 Å². The average Bonchev–Trinajstić information content (AvgIpc) is 1.65. The zero-order valence-corrected chi connectivity index (χ0v) is 4.81. The first-order valence-electron chi connectivity index (χ1n) is 1.36. The van der Waals surface area contributed by atoms with Crippen molar-refractivity contribution in [3.63, 3.8) is 0 Å². The van der Waals surface area contributed by atoms with Gasteiger partial charge in [-0.05, 0) is 0 Å². The molecule has 0 aliphatic heterocycles. The van der Waals surface area contributed by atoms with E-state index < -0.39 is 0 Å². The van der Waals surface area contributed by atoms with Gasteiger partial charge in [-0.3, -0.25) is 0 Å². The Hall–Kier alpha value is -0.271. The number of hydrogen-bond acceptors (Lipinski definition) is 1. The molecule has 1 radical (unpaired) electrons. The topological polar surface area (TPSA) is 29.1 Å². The number of carbonyl (C=O) groups excluding carboxylic acids is 1. The van der Waals surface area contributed by atoms with Gasteiger partial charge >= 0.3 is 43.9 Å². The number of nitrogens with one attached hydrogen (secondary N) is 1. The van der Waals surface area contributed by atoms with Gasteiger partial charge in [-0.15, -0.1) is 0 Å². The van der Waals surface area contributed by atoms with E-state index in [9.17, 15) is 4.79 Å². The molecule has 0 aliphatic carbocycles. The molecule has 0 saturated carbocycles. The van der Waals surface area contributed by atoms with Crippen molar-refractivity contribution in [1.82, 2.24) is 4.33 Å². The summed E-state index contributed by atoms with van der Waals surface area (Å²) < 4.78 is 2.23. The second kappa shape index (κ2) is 2.94. The fourth-order valence-corrected chi connectivity index (χ4v) is 0.217. The molecule has 0 atom stereocenters. The van der Waals surface area contributed by atoms with E-state index in [1.165, 1.54) is 6.08 Å². The molecule has 0 unspecified atom stereocenters. The van der Waals surface area contributed by atoms with Crippen LogP contribution in [-0.2, 0) is 4.79 Å². The number of carbonyl (C=O) groups is 1. The van der Waals surface area contributed by atoms with E-state index in [2.05, 4.69) is 27.1 Å². The van der Waals surface area contributed by atoms with Crippen LogP contribution in [0.4, 0.5) is 0 Å². The third-order valence-electron chi connectivity index (χ3n) is 0.286. The van der Waals surface area contributed by atoms with Gasteiger partial charge in [0.2, 0.25) is 0 Å². The Morgan fingerprint density at radius 3 is 2.50 bits per heavy atom. The Labute approximate surface area is 44.6 Å². The molecule has 0 spiro atoms. The molecule has 0 bridgehead atoms. The van der Waals surface area contributed by atoms with Crippen molar-refractivity contribution in [2.45, 2.75) is 0 Å². The molecule has 0 fully saturated rings. The van der Waals surface area contributed by atoms with E-state index in [1.807, 2.05) is 0 Å². The van der Waals surface area contributed by atoms with Gasteiger partial charge < -0.3 is 0 Å². The molecule has 0 aromatic rings. The molecule has 0 aromatic carbocycles. The maximum absolute atomic E-state index is 9.92. The van der Waals surface area contributed by atoms with Gasteiger partial charge in [-0.1, -0.05) is 0 Å². The van der Waals surface area contributed by atoms with E-state index in [0.29, 0.717) is 0 Å². The van der Waals surface area contributed by atoms with E-state index in [0.717, 1.165) is 0 Å². The number of hydrogen-bond donors (Lipinski definition) is 1. The van der Waals surface area contributed by atoms with Gasteiger partial charge in [0.05, 0.1) is 0 Å². The summed E-state index contributed by atoms with van der Waals surface area (Å²) in [5, 5.41) is 0.